The lowest BCUT2D eigenvalue weighted by molar-refractivity contribution is 0.208. The molecule has 1 aromatic heterocycles. The van der Waals surface area contributed by atoms with Crippen LogP contribution in [-0.2, 0) is 0 Å². The lowest BCUT2D eigenvalue weighted by Crippen LogP contribution is -2.36. The molecule has 0 N–H and O–H groups in total. The first-order valence-electron chi connectivity index (χ1n) is 6.50. The molecule has 3 nitrogen and oxygen atoms in total. The predicted molar refractivity (Wildman–Crippen MR) is 72.7 cm³/mol. The van der Waals surface area contributed by atoms with Crippen LogP contribution in [0.1, 0.15) is 32.4 Å². The number of nitriles is 1. The zero-order valence-electron chi connectivity index (χ0n) is 11.1. The summed E-state index contributed by atoms with van der Waals surface area (Å²) in [7, 11) is 0. The molecule has 0 radical (unpaired) electrons. The molecule has 0 amide bonds. The smallest absolute Gasteiger partial charge is 0.101 e. The van der Waals surface area contributed by atoms with E-state index in [0.29, 0.717) is 6.04 Å². The zero-order chi connectivity index (χ0) is 13.0. The maximum absolute atomic E-state index is 9.35. The quantitative estimate of drug-likeness (QED) is 0.747. The Balaban J connectivity index is 2.19. The molecule has 0 bridgehead atoms. The van der Waals surface area contributed by atoms with E-state index in [1.807, 2.05) is 18.2 Å². The molecule has 0 spiro atoms. The highest BCUT2D eigenvalue weighted by atomic mass is 15.1. The van der Waals surface area contributed by atoms with Crippen molar-refractivity contribution in [1.29, 1.82) is 5.26 Å². The van der Waals surface area contributed by atoms with Crippen LogP contribution in [0.3, 0.4) is 0 Å². The Bertz CT molecular complexity index is 458. The van der Waals surface area contributed by atoms with Crippen molar-refractivity contribution in [2.45, 2.75) is 32.7 Å². The Labute approximate surface area is 109 Å². The minimum atomic E-state index is 0.590. The highest BCUT2D eigenvalue weighted by Gasteiger charge is 2.19. The summed E-state index contributed by atoms with van der Waals surface area (Å²) >= 11 is 0. The van der Waals surface area contributed by atoms with E-state index in [0.717, 1.165) is 37.2 Å². The summed E-state index contributed by atoms with van der Waals surface area (Å²) in [6, 6.07) is 8.65. The molecule has 2 rings (SSSR count). The van der Waals surface area contributed by atoms with Crippen molar-refractivity contribution in [3.8, 4) is 6.07 Å². The van der Waals surface area contributed by atoms with Gasteiger partial charge in [0.15, 0.2) is 0 Å². The number of hydrogen-bond acceptors (Lipinski definition) is 3. The van der Waals surface area contributed by atoms with Crippen molar-refractivity contribution in [3.63, 3.8) is 0 Å². The van der Waals surface area contributed by atoms with Gasteiger partial charge < -0.3 is 4.90 Å². The average Bonchev–Trinajstić information content (AvgIpc) is 2.41. The van der Waals surface area contributed by atoms with Gasteiger partial charge in [-0.25, -0.2) is 0 Å². The first kappa shape index (κ1) is 12.8. The molecule has 0 saturated carbocycles. The molecular weight excluding hydrogens is 222 g/mol. The van der Waals surface area contributed by atoms with E-state index < -0.39 is 0 Å². The average molecular weight is 241 g/mol. The van der Waals surface area contributed by atoms with E-state index >= 15 is 0 Å². The summed E-state index contributed by atoms with van der Waals surface area (Å²) < 4.78 is 0. The molecule has 94 valence electrons. The van der Waals surface area contributed by atoms with Gasteiger partial charge in [-0.3, -0.25) is 4.98 Å². The molecule has 0 unspecified atom stereocenters. The SMILES string of the molecule is CC(C)N1CCC(=C(C#N)c2ccccn2)CC1. The summed E-state index contributed by atoms with van der Waals surface area (Å²) in [5, 5.41) is 9.35. The van der Waals surface area contributed by atoms with Gasteiger partial charge in [0.25, 0.3) is 0 Å². The maximum atomic E-state index is 9.35. The number of likely N-dealkylation sites (tertiary alicyclic amines) is 1. The molecule has 0 aromatic carbocycles. The van der Waals surface area contributed by atoms with Crippen LogP contribution in [0, 0.1) is 11.3 Å². The number of pyridine rings is 1. The molecule has 1 fully saturated rings. The van der Waals surface area contributed by atoms with Gasteiger partial charge in [-0.1, -0.05) is 6.07 Å². The molecule has 1 aromatic rings. The summed E-state index contributed by atoms with van der Waals surface area (Å²) in [6.07, 6.45) is 3.71. The third-order valence-electron chi connectivity index (χ3n) is 3.52. The molecule has 0 aliphatic carbocycles. The van der Waals surface area contributed by atoms with Gasteiger partial charge in [0.2, 0.25) is 0 Å². The van der Waals surface area contributed by atoms with Crippen LogP contribution in [0.15, 0.2) is 30.0 Å². The standard InChI is InChI=1S/C15H19N3/c1-12(2)18-9-6-13(7-10-18)14(11-16)15-5-3-4-8-17-15/h3-5,8,12H,6-7,9-10H2,1-2H3. The van der Waals surface area contributed by atoms with Crippen LogP contribution in [0.5, 0.6) is 0 Å². The van der Waals surface area contributed by atoms with Gasteiger partial charge in [-0.05, 0) is 44.4 Å². The van der Waals surface area contributed by atoms with E-state index in [9.17, 15) is 5.26 Å². The van der Waals surface area contributed by atoms with E-state index in [1.54, 1.807) is 6.20 Å². The fourth-order valence-corrected chi connectivity index (χ4v) is 2.39. The van der Waals surface area contributed by atoms with Gasteiger partial charge in [0, 0.05) is 25.3 Å². The minimum absolute atomic E-state index is 0.590. The summed E-state index contributed by atoms with van der Waals surface area (Å²) in [4.78, 5) is 6.74. The molecule has 1 aliphatic heterocycles. The van der Waals surface area contributed by atoms with E-state index in [1.165, 1.54) is 5.57 Å². The first-order valence-corrected chi connectivity index (χ1v) is 6.50. The van der Waals surface area contributed by atoms with Crippen molar-refractivity contribution in [2.24, 2.45) is 0 Å². The first-order chi connectivity index (χ1) is 8.72. The summed E-state index contributed by atoms with van der Waals surface area (Å²) in [5.74, 6) is 0. The zero-order valence-corrected chi connectivity index (χ0v) is 11.1. The van der Waals surface area contributed by atoms with Gasteiger partial charge in [-0.2, -0.15) is 5.26 Å². The largest absolute Gasteiger partial charge is 0.300 e. The third-order valence-corrected chi connectivity index (χ3v) is 3.52. The normalized spacial score (nSPS) is 16.7. The van der Waals surface area contributed by atoms with Crippen molar-refractivity contribution < 1.29 is 0 Å². The fraction of sp³-hybridized carbons (Fsp3) is 0.467. The number of allylic oxidation sites excluding steroid dienone is 1. The summed E-state index contributed by atoms with van der Waals surface area (Å²) in [5.41, 5.74) is 2.85. The number of aromatic nitrogens is 1. The number of piperidine rings is 1. The Morgan fingerprint density at radius 2 is 2.06 bits per heavy atom. The van der Waals surface area contributed by atoms with Gasteiger partial charge in [-0.15, -0.1) is 0 Å². The molecule has 0 atom stereocenters. The highest BCUT2D eigenvalue weighted by molar-refractivity contribution is 5.77. The van der Waals surface area contributed by atoms with E-state index in [-0.39, 0.29) is 0 Å². The maximum Gasteiger partial charge on any atom is 0.101 e. The summed E-state index contributed by atoms with van der Waals surface area (Å²) in [6.45, 7) is 6.54. The number of nitrogens with zero attached hydrogens (tertiary/aromatic N) is 3. The molecule has 1 aliphatic rings. The molecule has 2 heterocycles. The van der Waals surface area contributed by atoms with Gasteiger partial charge >= 0.3 is 0 Å². The number of hydrogen-bond donors (Lipinski definition) is 0. The highest BCUT2D eigenvalue weighted by Crippen LogP contribution is 2.25. The Hall–Kier alpha value is -1.66. The lowest BCUT2D eigenvalue weighted by Gasteiger charge is -2.31. The van der Waals surface area contributed by atoms with Gasteiger partial charge in [0.1, 0.15) is 6.07 Å². The van der Waals surface area contributed by atoms with Crippen LogP contribution in [0.25, 0.3) is 5.57 Å². The van der Waals surface area contributed by atoms with Crippen molar-refractivity contribution in [3.05, 3.63) is 35.7 Å². The minimum Gasteiger partial charge on any atom is -0.300 e. The van der Waals surface area contributed by atoms with Crippen LogP contribution < -0.4 is 0 Å². The van der Waals surface area contributed by atoms with Crippen LogP contribution in [0.2, 0.25) is 0 Å². The van der Waals surface area contributed by atoms with Crippen molar-refractivity contribution in [1.82, 2.24) is 9.88 Å². The van der Waals surface area contributed by atoms with Crippen molar-refractivity contribution >= 4 is 5.57 Å². The van der Waals surface area contributed by atoms with E-state index in [4.69, 9.17) is 0 Å². The molecular formula is C15H19N3. The Morgan fingerprint density at radius 3 is 2.56 bits per heavy atom. The predicted octanol–water partition coefficient (Wildman–Crippen LogP) is 2.86. The lowest BCUT2D eigenvalue weighted by atomic mass is 9.95. The molecule has 18 heavy (non-hydrogen) atoms. The van der Waals surface area contributed by atoms with Gasteiger partial charge in [0.05, 0.1) is 11.3 Å². The van der Waals surface area contributed by atoms with Crippen LogP contribution in [-0.4, -0.2) is 29.0 Å². The fourth-order valence-electron chi connectivity index (χ4n) is 2.39. The molecule has 1 saturated heterocycles. The second-order valence-electron chi connectivity index (χ2n) is 4.94. The number of rotatable bonds is 2. The second kappa shape index (κ2) is 5.79. The topological polar surface area (TPSA) is 39.9 Å². The van der Waals surface area contributed by atoms with E-state index in [2.05, 4.69) is 29.8 Å². The van der Waals surface area contributed by atoms with Crippen LogP contribution >= 0.6 is 0 Å². The Morgan fingerprint density at radius 1 is 1.33 bits per heavy atom. The monoisotopic (exact) mass is 241 g/mol. The van der Waals surface area contributed by atoms with Crippen LogP contribution in [0.4, 0.5) is 0 Å². The third kappa shape index (κ3) is 2.77. The molecule has 3 heteroatoms. The Kier molecular flexibility index (Phi) is 4.11. The second-order valence-corrected chi connectivity index (χ2v) is 4.94. The van der Waals surface area contributed by atoms with Crippen molar-refractivity contribution in [2.75, 3.05) is 13.1 Å².